The van der Waals surface area contributed by atoms with Gasteiger partial charge in [0.1, 0.15) is 0 Å². The Bertz CT molecular complexity index is 668. The molecule has 24 heavy (non-hydrogen) atoms. The first-order chi connectivity index (χ1) is 11.6. The molecule has 2 aromatic rings. The Morgan fingerprint density at radius 3 is 2.29 bits per heavy atom. The number of carbonyl (C=O) groups excluding carboxylic acids is 1. The van der Waals surface area contributed by atoms with Gasteiger partial charge in [0, 0.05) is 17.8 Å². The van der Waals surface area contributed by atoms with Gasteiger partial charge in [0.2, 0.25) is 0 Å². The molecule has 0 unspecified atom stereocenters. The third kappa shape index (κ3) is 4.45. The van der Waals surface area contributed by atoms with Gasteiger partial charge < -0.3 is 5.32 Å². The van der Waals surface area contributed by atoms with E-state index in [0.29, 0.717) is 5.56 Å². The maximum Gasteiger partial charge on any atom is 0.255 e. The molecule has 3 nitrogen and oxygen atoms in total. The van der Waals surface area contributed by atoms with Crippen LogP contribution in [0.4, 0.5) is 5.69 Å². The number of hydrogen-bond donors (Lipinski definition) is 1. The Balaban J connectivity index is 1.56. The smallest absolute Gasteiger partial charge is 0.255 e. The molecule has 1 aliphatic heterocycles. The van der Waals surface area contributed by atoms with E-state index in [0.717, 1.165) is 23.7 Å². The van der Waals surface area contributed by atoms with Crippen LogP contribution in [0, 0.1) is 12.8 Å². The van der Waals surface area contributed by atoms with E-state index in [1.807, 2.05) is 43.3 Å². The van der Waals surface area contributed by atoms with Crippen LogP contribution in [-0.4, -0.2) is 23.9 Å². The summed E-state index contributed by atoms with van der Waals surface area (Å²) in [5, 5.41) is 2.96. The highest BCUT2D eigenvalue weighted by atomic mass is 16.1. The molecule has 0 aliphatic carbocycles. The van der Waals surface area contributed by atoms with Crippen molar-refractivity contribution in [2.45, 2.75) is 33.2 Å². The van der Waals surface area contributed by atoms with Crippen LogP contribution < -0.4 is 5.32 Å². The molecule has 3 rings (SSSR count). The lowest BCUT2D eigenvalue weighted by molar-refractivity contribution is 0.102. The Morgan fingerprint density at radius 2 is 1.67 bits per heavy atom. The van der Waals surface area contributed by atoms with Gasteiger partial charge in [-0.05, 0) is 68.6 Å². The monoisotopic (exact) mass is 322 g/mol. The van der Waals surface area contributed by atoms with Crippen molar-refractivity contribution >= 4 is 11.6 Å². The van der Waals surface area contributed by atoms with Gasteiger partial charge in [-0.15, -0.1) is 0 Å². The number of amides is 1. The first-order valence-corrected chi connectivity index (χ1v) is 8.79. The molecule has 0 aromatic heterocycles. The average molecular weight is 322 g/mol. The molecular weight excluding hydrogens is 296 g/mol. The van der Waals surface area contributed by atoms with Crippen molar-refractivity contribution in [3.8, 4) is 0 Å². The second kappa shape index (κ2) is 7.63. The number of nitrogens with zero attached hydrogens (tertiary/aromatic N) is 1. The number of anilines is 1. The van der Waals surface area contributed by atoms with Crippen LogP contribution in [0.5, 0.6) is 0 Å². The van der Waals surface area contributed by atoms with Crippen molar-refractivity contribution in [3.05, 3.63) is 65.2 Å². The van der Waals surface area contributed by atoms with E-state index in [4.69, 9.17) is 0 Å². The lowest BCUT2D eigenvalue weighted by Crippen LogP contribution is -2.32. The van der Waals surface area contributed by atoms with Gasteiger partial charge in [0.05, 0.1) is 0 Å². The predicted octanol–water partition coefficient (Wildman–Crippen LogP) is 4.48. The molecule has 3 heteroatoms. The number of benzene rings is 2. The Labute approximate surface area is 144 Å². The molecule has 0 atom stereocenters. The Morgan fingerprint density at radius 1 is 1.04 bits per heavy atom. The summed E-state index contributed by atoms with van der Waals surface area (Å²) in [4.78, 5) is 14.8. The van der Waals surface area contributed by atoms with Crippen LogP contribution in [0.3, 0.4) is 0 Å². The van der Waals surface area contributed by atoms with Crippen molar-refractivity contribution < 1.29 is 4.79 Å². The lowest BCUT2D eigenvalue weighted by Gasteiger charge is -2.30. The minimum absolute atomic E-state index is 0.0623. The summed E-state index contributed by atoms with van der Waals surface area (Å²) in [7, 11) is 0. The highest BCUT2D eigenvalue weighted by Crippen LogP contribution is 2.19. The predicted molar refractivity (Wildman–Crippen MR) is 99.2 cm³/mol. The molecule has 1 aliphatic rings. The van der Waals surface area contributed by atoms with Gasteiger partial charge in [-0.25, -0.2) is 0 Å². The molecule has 1 amide bonds. The number of nitrogens with one attached hydrogen (secondary N) is 1. The first-order valence-electron chi connectivity index (χ1n) is 8.79. The van der Waals surface area contributed by atoms with Crippen molar-refractivity contribution in [1.29, 1.82) is 0 Å². The minimum Gasteiger partial charge on any atom is -0.322 e. The first kappa shape index (κ1) is 16.7. The minimum atomic E-state index is -0.0623. The summed E-state index contributed by atoms with van der Waals surface area (Å²) in [5.74, 6) is 0.799. The third-order valence-electron chi connectivity index (χ3n) is 4.81. The maximum absolute atomic E-state index is 12.2. The molecule has 0 bridgehead atoms. The second-order valence-electron chi connectivity index (χ2n) is 6.98. The fraction of sp³-hybridized carbons (Fsp3) is 0.381. The van der Waals surface area contributed by atoms with E-state index >= 15 is 0 Å². The molecule has 126 valence electrons. The summed E-state index contributed by atoms with van der Waals surface area (Å²) in [6, 6.07) is 15.8. The van der Waals surface area contributed by atoms with Gasteiger partial charge in [-0.3, -0.25) is 9.69 Å². The van der Waals surface area contributed by atoms with E-state index in [1.54, 1.807) is 0 Å². The quantitative estimate of drug-likeness (QED) is 0.900. The Kier molecular flexibility index (Phi) is 5.31. The van der Waals surface area contributed by atoms with Gasteiger partial charge in [-0.2, -0.15) is 0 Å². The maximum atomic E-state index is 12.2. The van der Waals surface area contributed by atoms with Crippen LogP contribution in [0.15, 0.2) is 48.5 Å². The number of rotatable bonds is 4. The molecule has 1 fully saturated rings. The zero-order chi connectivity index (χ0) is 16.9. The third-order valence-corrected chi connectivity index (χ3v) is 4.81. The van der Waals surface area contributed by atoms with Crippen molar-refractivity contribution in [2.24, 2.45) is 5.92 Å². The Hall–Kier alpha value is -2.13. The fourth-order valence-corrected chi connectivity index (χ4v) is 3.08. The van der Waals surface area contributed by atoms with Gasteiger partial charge >= 0.3 is 0 Å². The zero-order valence-electron chi connectivity index (χ0n) is 14.6. The van der Waals surface area contributed by atoms with Gasteiger partial charge in [-0.1, -0.05) is 36.8 Å². The molecule has 1 heterocycles. The normalized spacial score (nSPS) is 16.1. The highest BCUT2D eigenvalue weighted by molar-refractivity contribution is 6.04. The molecular formula is C21H26N2O. The summed E-state index contributed by atoms with van der Waals surface area (Å²) in [6.07, 6.45) is 2.59. The summed E-state index contributed by atoms with van der Waals surface area (Å²) in [5.41, 5.74) is 3.99. The standard InChI is InChI=1S/C21H26N2O/c1-16-3-7-19(8-4-16)21(24)22-20-9-5-18(6-10-20)15-23-13-11-17(2)12-14-23/h3-10,17H,11-15H2,1-2H3,(H,22,24). The van der Waals surface area contributed by atoms with E-state index in [9.17, 15) is 4.79 Å². The fourth-order valence-electron chi connectivity index (χ4n) is 3.08. The van der Waals surface area contributed by atoms with Gasteiger partial charge in [0.25, 0.3) is 5.91 Å². The molecule has 0 spiro atoms. The number of hydrogen-bond acceptors (Lipinski definition) is 2. The van der Waals surface area contributed by atoms with Crippen molar-refractivity contribution in [1.82, 2.24) is 4.90 Å². The van der Waals surface area contributed by atoms with E-state index in [1.165, 1.54) is 31.5 Å². The van der Waals surface area contributed by atoms with E-state index in [-0.39, 0.29) is 5.91 Å². The van der Waals surface area contributed by atoms with Crippen LogP contribution in [0.25, 0.3) is 0 Å². The van der Waals surface area contributed by atoms with Crippen LogP contribution >= 0.6 is 0 Å². The SMILES string of the molecule is Cc1ccc(C(=O)Nc2ccc(CN3CCC(C)CC3)cc2)cc1. The summed E-state index contributed by atoms with van der Waals surface area (Å²) in [6.45, 7) is 7.73. The largest absolute Gasteiger partial charge is 0.322 e. The zero-order valence-corrected chi connectivity index (χ0v) is 14.6. The van der Waals surface area contributed by atoms with Crippen LogP contribution in [-0.2, 0) is 6.54 Å². The van der Waals surface area contributed by atoms with Crippen molar-refractivity contribution in [3.63, 3.8) is 0 Å². The van der Waals surface area contributed by atoms with Crippen LogP contribution in [0.1, 0.15) is 41.3 Å². The number of piperidine rings is 1. The van der Waals surface area contributed by atoms with Crippen LogP contribution in [0.2, 0.25) is 0 Å². The number of carbonyl (C=O) groups is 1. The van der Waals surface area contributed by atoms with E-state index in [2.05, 4.69) is 29.3 Å². The molecule has 0 radical (unpaired) electrons. The highest BCUT2D eigenvalue weighted by Gasteiger charge is 2.15. The number of likely N-dealkylation sites (tertiary alicyclic amines) is 1. The molecule has 1 N–H and O–H groups in total. The summed E-state index contributed by atoms with van der Waals surface area (Å²) < 4.78 is 0. The molecule has 1 saturated heterocycles. The van der Waals surface area contributed by atoms with Gasteiger partial charge in [0.15, 0.2) is 0 Å². The molecule has 0 saturated carbocycles. The van der Waals surface area contributed by atoms with E-state index < -0.39 is 0 Å². The number of aryl methyl sites for hydroxylation is 1. The van der Waals surface area contributed by atoms with Crippen molar-refractivity contribution in [2.75, 3.05) is 18.4 Å². The average Bonchev–Trinajstić information content (AvgIpc) is 2.59. The summed E-state index contributed by atoms with van der Waals surface area (Å²) >= 11 is 0. The lowest BCUT2D eigenvalue weighted by atomic mass is 9.99. The topological polar surface area (TPSA) is 32.3 Å². The second-order valence-corrected chi connectivity index (χ2v) is 6.98. The molecule has 2 aromatic carbocycles.